The summed E-state index contributed by atoms with van der Waals surface area (Å²) in [5.74, 6) is -2.02. The van der Waals surface area contributed by atoms with Gasteiger partial charge in [-0.25, -0.2) is 13.9 Å². The Balaban J connectivity index is 1.80. The quantitative estimate of drug-likeness (QED) is 0.631. The Morgan fingerprint density at radius 1 is 1.13 bits per heavy atom. The standard InChI is InChI=1S/C22H20FN3O4/c1-3-19(21(28)24-16-11-9-15(23)10-12-16)30-22(29)20-18(27)13-14(2)26(25-20)17-7-5-4-6-8-17/h4-13,19H,3H2,1-2H3,(H,24,28)/t19-/m0/s1. The molecular weight excluding hydrogens is 389 g/mol. The van der Waals surface area contributed by atoms with Crippen LogP contribution in [0.2, 0.25) is 0 Å². The molecule has 30 heavy (non-hydrogen) atoms. The molecule has 3 rings (SSSR count). The molecule has 7 nitrogen and oxygen atoms in total. The van der Waals surface area contributed by atoms with Gasteiger partial charge in [-0.3, -0.25) is 9.59 Å². The molecule has 2 aromatic carbocycles. The number of carbonyl (C=O) groups is 2. The van der Waals surface area contributed by atoms with Crippen molar-refractivity contribution in [3.05, 3.63) is 88.1 Å². The first-order valence-corrected chi connectivity index (χ1v) is 9.33. The zero-order valence-electron chi connectivity index (χ0n) is 16.5. The molecule has 1 amide bonds. The van der Waals surface area contributed by atoms with E-state index in [9.17, 15) is 18.8 Å². The lowest BCUT2D eigenvalue weighted by molar-refractivity contribution is -0.124. The maximum absolute atomic E-state index is 13.0. The van der Waals surface area contributed by atoms with Crippen molar-refractivity contribution in [1.82, 2.24) is 9.78 Å². The highest BCUT2D eigenvalue weighted by molar-refractivity contribution is 5.97. The number of para-hydroxylation sites is 1. The molecule has 0 aliphatic rings. The Morgan fingerprint density at radius 2 is 1.80 bits per heavy atom. The summed E-state index contributed by atoms with van der Waals surface area (Å²) in [6, 6.07) is 15.5. The van der Waals surface area contributed by atoms with Crippen LogP contribution in [0.25, 0.3) is 5.69 Å². The smallest absolute Gasteiger partial charge is 0.363 e. The van der Waals surface area contributed by atoms with Gasteiger partial charge in [0.2, 0.25) is 11.1 Å². The van der Waals surface area contributed by atoms with Crippen molar-refractivity contribution in [3.8, 4) is 5.69 Å². The van der Waals surface area contributed by atoms with E-state index in [2.05, 4.69) is 10.4 Å². The van der Waals surface area contributed by atoms with E-state index in [1.165, 1.54) is 35.0 Å². The number of aryl methyl sites for hydroxylation is 1. The van der Waals surface area contributed by atoms with Gasteiger partial charge in [0.15, 0.2) is 6.10 Å². The van der Waals surface area contributed by atoms with Crippen molar-refractivity contribution >= 4 is 17.6 Å². The third kappa shape index (κ3) is 4.78. The van der Waals surface area contributed by atoms with E-state index in [4.69, 9.17) is 4.74 Å². The third-order valence-electron chi connectivity index (χ3n) is 4.33. The number of aromatic nitrogens is 2. The highest BCUT2D eigenvalue weighted by atomic mass is 19.1. The third-order valence-corrected chi connectivity index (χ3v) is 4.33. The van der Waals surface area contributed by atoms with Crippen LogP contribution >= 0.6 is 0 Å². The van der Waals surface area contributed by atoms with Crippen molar-refractivity contribution in [3.63, 3.8) is 0 Å². The molecule has 0 saturated heterocycles. The van der Waals surface area contributed by atoms with E-state index in [-0.39, 0.29) is 6.42 Å². The summed E-state index contributed by atoms with van der Waals surface area (Å²) in [7, 11) is 0. The molecule has 0 unspecified atom stereocenters. The molecule has 3 aromatic rings. The van der Waals surface area contributed by atoms with Gasteiger partial charge in [0.25, 0.3) is 5.91 Å². The maximum atomic E-state index is 13.0. The molecule has 1 heterocycles. The fraction of sp³-hybridized carbons (Fsp3) is 0.182. The SMILES string of the molecule is CC[C@H](OC(=O)c1nn(-c2ccccc2)c(C)cc1=O)C(=O)Nc1ccc(F)cc1. The Kier molecular flexibility index (Phi) is 6.36. The second-order valence-corrected chi connectivity index (χ2v) is 6.54. The number of hydrogen-bond acceptors (Lipinski definition) is 5. The fourth-order valence-electron chi connectivity index (χ4n) is 2.78. The largest absolute Gasteiger partial charge is 0.447 e. The summed E-state index contributed by atoms with van der Waals surface area (Å²) in [6.07, 6.45) is -0.965. The lowest BCUT2D eigenvalue weighted by atomic mass is 10.2. The summed E-state index contributed by atoms with van der Waals surface area (Å²) in [4.78, 5) is 37.4. The molecule has 0 saturated carbocycles. The number of nitrogens with one attached hydrogen (secondary N) is 1. The van der Waals surface area contributed by atoms with E-state index < -0.39 is 34.9 Å². The first kappa shape index (κ1) is 20.9. The van der Waals surface area contributed by atoms with Gasteiger partial charge in [0.05, 0.1) is 5.69 Å². The van der Waals surface area contributed by atoms with Crippen molar-refractivity contribution in [1.29, 1.82) is 0 Å². The predicted molar refractivity (Wildman–Crippen MR) is 109 cm³/mol. The van der Waals surface area contributed by atoms with Crippen LogP contribution in [-0.2, 0) is 9.53 Å². The summed E-state index contributed by atoms with van der Waals surface area (Å²) in [5.41, 5.74) is 0.556. The van der Waals surface area contributed by atoms with Gasteiger partial charge < -0.3 is 10.1 Å². The van der Waals surface area contributed by atoms with Gasteiger partial charge in [0.1, 0.15) is 5.82 Å². The van der Waals surface area contributed by atoms with Gasteiger partial charge in [-0.2, -0.15) is 5.10 Å². The molecule has 0 bridgehead atoms. The van der Waals surface area contributed by atoms with Crippen LogP contribution in [0.15, 0.2) is 65.5 Å². The van der Waals surface area contributed by atoms with E-state index in [0.717, 1.165) is 0 Å². The zero-order valence-corrected chi connectivity index (χ0v) is 16.5. The molecule has 0 fully saturated rings. The first-order valence-electron chi connectivity index (χ1n) is 9.33. The minimum absolute atomic E-state index is 0.178. The number of anilines is 1. The molecular formula is C22H20FN3O4. The van der Waals surface area contributed by atoms with Crippen LogP contribution in [0.3, 0.4) is 0 Å². The Hall–Kier alpha value is -3.81. The number of ether oxygens (including phenoxy) is 1. The van der Waals surface area contributed by atoms with Crippen molar-refractivity contribution in [2.45, 2.75) is 26.4 Å². The van der Waals surface area contributed by atoms with Gasteiger partial charge in [-0.05, 0) is 49.7 Å². The second kappa shape index (κ2) is 9.13. The Bertz CT molecular complexity index is 1110. The number of rotatable bonds is 6. The van der Waals surface area contributed by atoms with Crippen LogP contribution in [0.5, 0.6) is 0 Å². The van der Waals surface area contributed by atoms with Gasteiger partial charge in [0, 0.05) is 17.4 Å². The van der Waals surface area contributed by atoms with Crippen LogP contribution in [0, 0.1) is 12.7 Å². The summed E-state index contributed by atoms with van der Waals surface area (Å²) < 4.78 is 19.7. The summed E-state index contributed by atoms with van der Waals surface area (Å²) in [5, 5.41) is 6.69. The molecule has 0 aliphatic carbocycles. The average molecular weight is 409 g/mol. The first-order chi connectivity index (χ1) is 14.4. The van der Waals surface area contributed by atoms with Crippen LogP contribution in [-0.4, -0.2) is 27.8 Å². The van der Waals surface area contributed by atoms with Gasteiger partial charge in [-0.1, -0.05) is 25.1 Å². The number of halogens is 1. The highest BCUT2D eigenvalue weighted by Crippen LogP contribution is 2.12. The lowest BCUT2D eigenvalue weighted by Gasteiger charge is -2.16. The maximum Gasteiger partial charge on any atom is 0.363 e. The molecule has 1 atom stereocenters. The average Bonchev–Trinajstić information content (AvgIpc) is 2.74. The number of nitrogens with zero attached hydrogens (tertiary/aromatic N) is 2. The monoisotopic (exact) mass is 409 g/mol. The van der Waals surface area contributed by atoms with E-state index >= 15 is 0 Å². The minimum Gasteiger partial charge on any atom is -0.447 e. The molecule has 1 aromatic heterocycles. The van der Waals surface area contributed by atoms with E-state index in [1.807, 2.05) is 6.07 Å². The normalized spacial score (nSPS) is 11.6. The molecule has 0 spiro atoms. The number of esters is 1. The van der Waals surface area contributed by atoms with Crippen LogP contribution in [0.4, 0.5) is 10.1 Å². The van der Waals surface area contributed by atoms with Gasteiger partial charge in [-0.15, -0.1) is 0 Å². The zero-order chi connectivity index (χ0) is 21.7. The number of carbonyl (C=O) groups excluding carboxylic acids is 2. The van der Waals surface area contributed by atoms with Crippen molar-refractivity contribution in [2.75, 3.05) is 5.32 Å². The molecule has 1 N–H and O–H groups in total. The minimum atomic E-state index is -1.14. The predicted octanol–water partition coefficient (Wildman–Crippen LogP) is 3.25. The van der Waals surface area contributed by atoms with Crippen LogP contribution < -0.4 is 10.7 Å². The molecule has 0 radical (unpaired) electrons. The highest BCUT2D eigenvalue weighted by Gasteiger charge is 2.25. The second-order valence-electron chi connectivity index (χ2n) is 6.54. The van der Waals surface area contributed by atoms with E-state index in [0.29, 0.717) is 17.1 Å². The van der Waals surface area contributed by atoms with E-state index in [1.54, 1.807) is 38.1 Å². The number of benzene rings is 2. The summed E-state index contributed by atoms with van der Waals surface area (Å²) in [6.45, 7) is 3.36. The number of hydrogen-bond donors (Lipinski definition) is 1. The van der Waals surface area contributed by atoms with Crippen molar-refractivity contribution < 1.29 is 18.7 Å². The molecule has 0 aliphatic heterocycles. The Labute approximate surface area is 172 Å². The van der Waals surface area contributed by atoms with Crippen molar-refractivity contribution in [2.24, 2.45) is 0 Å². The number of amides is 1. The summed E-state index contributed by atoms with van der Waals surface area (Å²) >= 11 is 0. The van der Waals surface area contributed by atoms with Crippen LogP contribution in [0.1, 0.15) is 29.5 Å². The fourth-order valence-corrected chi connectivity index (χ4v) is 2.78. The van der Waals surface area contributed by atoms with Gasteiger partial charge >= 0.3 is 5.97 Å². The topological polar surface area (TPSA) is 90.3 Å². The lowest BCUT2D eigenvalue weighted by Crippen LogP contribution is -2.34. The molecule has 8 heteroatoms. The molecule has 154 valence electrons. The Morgan fingerprint density at radius 3 is 2.43 bits per heavy atom.